The summed E-state index contributed by atoms with van der Waals surface area (Å²) >= 11 is 0. The molecule has 2 aromatic carbocycles. The van der Waals surface area contributed by atoms with Gasteiger partial charge < -0.3 is 19.8 Å². The van der Waals surface area contributed by atoms with Gasteiger partial charge in [-0.15, -0.1) is 0 Å². The third-order valence-corrected chi connectivity index (χ3v) is 6.28. The van der Waals surface area contributed by atoms with Gasteiger partial charge in [-0.05, 0) is 18.6 Å². The molecule has 2 aromatic heterocycles. The van der Waals surface area contributed by atoms with Crippen molar-refractivity contribution in [1.29, 1.82) is 0 Å². The number of aromatic nitrogens is 2. The molecule has 0 aliphatic heterocycles. The second kappa shape index (κ2) is 9.97. The summed E-state index contributed by atoms with van der Waals surface area (Å²) in [6.45, 7) is 2.17. The molecule has 0 fully saturated rings. The lowest BCUT2D eigenvalue weighted by atomic mass is 10.1. The first-order valence-corrected chi connectivity index (χ1v) is 11.6. The number of carbonyl (C=O) groups excluding carboxylic acids is 2. The average Bonchev–Trinajstić information content (AvgIpc) is 2.86. The number of hydrogen-bond acceptors (Lipinski definition) is 4. The molecule has 0 saturated carbocycles. The van der Waals surface area contributed by atoms with E-state index in [0.29, 0.717) is 39.4 Å². The first-order chi connectivity index (χ1) is 16.8. The topological polar surface area (TPSA) is 102 Å². The number of nitrogens with zero attached hydrogens (tertiary/aromatic N) is 2. The van der Waals surface area contributed by atoms with Gasteiger partial charge in [0.1, 0.15) is 0 Å². The predicted octanol–water partition coefficient (Wildman–Crippen LogP) is 2.72. The number of fused-ring (bicyclic) bond motifs is 2. The summed E-state index contributed by atoms with van der Waals surface area (Å²) in [4.78, 5) is 50.9. The van der Waals surface area contributed by atoms with Gasteiger partial charge in [0, 0.05) is 49.6 Å². The SMILES string of the molecule is CCCC(CNC(=O)c1cc(=O)n(C)c2ccccc12)NC(=O)c1cc(=O)n(C)c2ccccc12. The number of amides is 2. The Hall–Kier alpha value is -4.20. The Kier molecular flexibility index (Phi) is 6.82. The number of para-hydroxylation sites is 2. The van der Waals surface area contributed by atoms with Gasteiger partial charge in [-0.3, -0.25) is 19.2 Å². The van der Waals surface area contributed by atoms with E-state index >= 15 is 0 Å². The van der Waals surface area contributed by atoms with Crippen LogP contribution in [0.1, 0.15) is 40.5 Å². The van der Waals surface area contributed by atoms with Gasteiger partial charge in [0.05, 0.1) is 22.2 Å². The van der Waals surface area contributed by atoms with Crippen molar-refractivity contribution in [2.75, 3.05) is 6.54 Å². The summed E-state index contributed by atoms with van der Waals surface area (Å²) in [6, 6.07) is 16.8. The molecule has 0 radical (unpaired) electrons. The van der Waals surface area contributed by atoms with Gasteiger partial charge >= 0.3 is 0 Å². The lowest BCUT2D eigenvalue weighted by Crippen LogP contribution is -2.44. The minimum Gasteiger partial charge on any atom is -0.350 e. The predicted molar refractivity (Wildman–Crippen MR) is 137 cm³/mol. The zero-order valence-corrected chi connectivity index (χ0v) is 20.0. The molecule has 0 spiro atoms. The Morgan fingerprint density at radius 2 is 1.29 bits per heavy atom. The van der Waals surface area contributed by atoms with E-state index in [4.69, 9.17) is 0 Å². The molecule has 2 heterocycles. The number of aryl methyl sites for hydroxylation is 2. The van der Waals surface area contributed by atoms with E-state index in [9.17, 15) is 19.2 Å². The van der Waals surface area contributed by atoms with Crippen LogP contribution in [0.2, 0.25) is 0 Å². The van der Waals surface area contributed by atoms with Crippen LogP contribution >= 0.6 is 0 Å². The monoisotopic (exact) mass is 472 g/mol. The highest BCUT2D eigenvalue weighted by Crippen LogP contribution is 2.18. The molecular formula is C27H28N4O4. The zero-order chi connectivity index (χ0) is 25.1. The van der Waals surface area contributed by atoms with Crippen molar-refractivity contribution in [1.82, 2.24) is 19.8 Å². The standard InChI is InChI=1S/C27H28N4O4/c1-4-9-17(29-27(35)21-15-25(33)31(3)23-13-8-6-11-19(21)23)16-28-26(34)20-14-24(32)30(2)22-12-7-5-10-18(20)22/h5-8,10-15,17H,4,9,16H2,1-3H3,(H,28,34)(H,29,35). The van der Waals surface area contributed by atoms with Crippen LogP contribution in [0, 0.1) is 0 Å². The summed E-state index contributed by atoms with van der Waals surface area (Å²) in [6.07, 6.45) is 1.42. The van der Waals surface area contributed by atoms with Crippen molar-refractivity contribution in [2.24, 2.45) is 14.1 Å². The summed E-state index contributed by atoms with van der Waals surface area (Å²) in [5.41, 5.74) is 1.39. The van der Waals surface area contributed by atoms with Crippen LogP contribution in [0.15, 0.2) is 70.3 Å². The van der Waals surface area contributed by atoms with E-state index in [-0.39, 0.29) is 35.5 Å². The van der Waals surface area contributed by atoms with Crippen LogP contribution in [0.5, 0.6) is 0 Å². The first kappa shape index (κ1) is 23.9. The van der Waals surface area contributed by atoms with Gasteiger partial charge in [0.15, 0.2) is 0 Å². The Labute approximate surface area is 202 Å². The molecule has 0 bridgehead atoms. The van der Waals surface area contributed by atoms with E-state index in [0.717, 1.165) is 6.42 Å². The molecule has 1 unspecified atom stereocenters. The van der Waals surface area contributed by atoms with Crippen LogP contribution in [0.4, 0.5) is 0 Å². The minimum atomic E-state index is -0.381. The highest BCUT2D eigenvalue weighted by Gasteiger charge is 2.19. The number of hydrogen-bond donors (Lipinski definition) is 2. The highest BCUT2D eigenvalue weighted by molar-refractivity contribution is 6.07. The fourth-order valence-corrected chi connectivity index (χ4v) is 4.35. The van der Waals surface area contributed by atoms with Crippen LogP contribution in [0.25, 0.3) is 21.8 Å². The Morgan fingerprint density at radius 3 is 1.80 bits per heavy atom. The molecule has 0 aliphatic rings. The molecule has 4 aromatic rings. The number of rotatable bonds is 7. The van der Waals surface area contributed by atoms with Crippen molar-refractivity contribution in [3.05, 3.63) is 92.5 Å². The molecule has 2 N–H and O–H groups in total. The molecule has 0 aliphatic carbocycles. The highest BCUT2D eigenvalue weighted by atomic mass is 16.2. The second-order valence-corrected chi connectivity index (χ2v) is 8.61. The normalized spacial score (nSPS) is 12.0. The fourth-order valence-electron chi connectivity index (χ4n) is 4.35. The van der Waals surface area contributed by atoms with Gasteiger partial charge in [0.2, 0.25) is 0 Å². The molecule has 2 amide bonds. The van der Waals surface area contributed by atoms with Gasteiger partial charge in [-0.1, -0.05) is 49.7 Å². The van der Waals surface area contributed by atoms with Gasteiger partial charge in [-0.25, -0.2) is 0 Å². The van der Waals surface area contributed by atoms with E-state index < -0.39 is 0 Å². The van der Waals surface area contributed by atoms with Crippen LogP contribution in [-0.2, 0) is 14.1 Å². The Balaban J connectivity index is 1.56. The summed E-state index contributed by atoms with van der Waals surface area (Å²) in [7, 11) is 3.34. The van der Waals surface area contributed by atoms with Crippen LogP contribution in [0.3, 0.4) is 0 Å². The third-order valence-electron chi connectivity index (χ3n) is 6.28. The maximum absolute atomic E-state index is 13.2. The van der Waals surface area contributed by atoms with Crippen molar-refractivity contribution < 1.29 is 9.59 Å². The molecule has 0 saturated heterocycles. The number of carbonyl (C=O) groups is 2. The van der Waals surface area contributed by atoms with Crippen molar-refractivity contribution in [3.8, 4) is 0 Å². The molecule has 35 heavy (non-hydrogen) atoms. The van der Waals surface area contributed by atoms with Gasteiger partial charge in [-0.2, -0.15) is 0 Å². The van der Waals surface area contributed by atoms with E-state index in [1.54, 1.807) is 38.4 Å². The van der Waals surface area contributed by atoms with Crippen molar-refractivity contribution in [2.45, 2.75) is 25.8 Å². The molecular weight excluding hydrogens is 444 g/mol. The molecule has 8 nitrogen and oxygen atoms in total. The van der Waals surface area contributed by atoms with E-state index in [1.165, 1.54) is 21.3 Å². The fraction of sp³-hybridized carbons (Fsp3) is 0.259. The van der Waals surface area contributed by atoms with Crippen molar-refractivity contribution >= 4 is 33.6 Å². The molecule has 1 atom stereocenters. The summed E-state index contributed by atoms with van der Waals surface area (Å²) in [5.74, 6) is -0.751. The van der Waals surface area contributed by atoms with Crippen LogP contribution in [-0.4, -0.2) is 33.5 Å². The maximum Gasteiger partial charge on any atom is 0.252 e. The van der Waals surface area contributed by atoms with E-state index in [2.05, 4.69) is 10.6 Å². The summed E-state index contributed by atoms with van der Waals surface area (Å²) in [5, 5.41) is 7.19. The first-order valence-electron chi connectivity index (χ1n) is 11.6. The lowest BCUT2D eigenvalue weighted by Gasteiger charge is -2.20. The summed E-state index contributed by atoms with van der Waals surface area (Å²) < 4.78 is 3.00. The van der Waals surface area contributed by atoms with Gasteiger partial charge in [0.25, 0.3) is 22.9 Å². The van der Waals surface area contributed by atoms with E-state index in [1.807, 2.05) is 31.2 Å². The minimum absolute atomic E-state index is 0.185. The Bertz CT molecular complexity index is 1550. The smallest absolute Gasteiger partial charge is 0.252 e. The van der Waals surface area contributed by atoms with Crippen molar-refractivity contribution in [3.63, 3.8) is 0 Å². The lowest BCUT2D eigenvalue weighted by molar-refractivity contribution is 0.0908. The average molecular weight is 473 g/mol. The molecule has 8 heteroatoms. The maximum atomic E-state index is 13.2. The van der Waals surface area contributed by atoms with Crippen LogP contribution < -0.4 is 21.8 Å². The largest absolute Gasteiger partial charge is 0.350 e. The number of nitrogens with one attached hydrogen (secondary N) is 2. The molecule has 180 valence electrons. The number of benzene rings is 2. The Morgan fingerprint density at radius 1 is 0.800 bits per heavy atom. The quantitative estimate of drug-likeness (QED) is 0.432. The third kappa shape index (κ3) is 4.73. The number of pyridine rings is 2. The second-order valence-electron chi connectivity index (χ2n) is 8.61. The molecule has 4 rings (SSSR count). The zero-order valence-electron chi connectivity index (χ0n) is 20.0.